The van der Waals surface area contributed by atoms with E-state index in [0.29, 0.717) is 11.3 Å². The van der Waals surface area contributed by atoms with Crippen molar-refractivity contribution in [3.8, 4) is 0 Å². The number of rotatable bonds is 3. The van der Waals surface area contributed by atoms with Gasteiger partial charge in [0, 0.05) is 6.08 Å². The second kappa shape index (κ2) is 4.70. The van der Waals surface area contributed by atoms with E-state index in [-0.39, 0.29) is 12.5 Å². The lowest BCUT2D eigenvalue weighted by Gasteiger charge is -2.12. The van der Waals surface area contributed by atoms with Gasteiger partial charge in [-0.05, 0) is 23.8 Å². The Hall–Kier alpha value is -2.63. The first kappa shape index (κ1) is 11.8. The molecule has 1 aromatic carbocycles. The van der Waals surface area contributed by atoms with Crippen LogP contribution in [0.2, 0.25) is 0 Å². The van der Waals surface area contributed by atoms with Crippen LogP contribution in [0.1, 0.15) is 5.56 Å². The summed E-state index contributed by atoms with van der Waals surface area (Å²) >= 11 is 0. The van der Waals surface area contributed by atoms with Gasteiger partial charge in [0.05, 0.1) is 12.2 Å². The third-order valence-electron chi connectivity index (χ3n) is 2.41. The van der Waals surface area contributed by atoms with Gasteiger partial charge in [-0.25, -0.2) is 14.5 Å². The summed E-state index contributed by atoms with van der Waals surface area (Å²) in [7, 11) is 0. The van der Waals surface area contributed by atoms with E-state index in [2.05, 4.69) is 5.32 Å². The predicted molar refractivity (Wildman–Crippen MR) is 64.0 cm³/mol. The Kier molecular flexibility index (Phi) is 3.09. The van der Waals surface area contributed by atoms with Gasteiger partial charge in [-0.2, -0.15) is 0 Å². The normalized spacial score (nSPS) is 15.2. The minimum Gasteiger partial charge on any atom is -0.478 e. The van der Waals surface area contributed by atoms with Crippen molar-refractivity contribution in [2.45, 2.75) is 0 Å². The maximum atomic E-state index is 11.4. The van der Waals surface area contributed by atoms with Gasteiger partial charge in [-0.1, -0.05) is 12.1 Å². The molecule has 1 aromatic rings. The van der Waals surface area contributed by atoms with Crippen LogP contribution in [0.4, 0.5) is 10.5 Å². The highest BCUT2D eigenvalue weighted by atomic mass is 16.4. The van der Waals surface area contributed by atoms with Crippen LogP contribution in [0.3, 0.4) is 0 Å². The molecule has 1 fully saturated rings. The van der Waals surface area contributed by atoms with E-state index in [4.69, 9.17) is 5.11 Å². The number of anilines is 1. The van der Waals surface area contributed by atoms with Crippen molar-refractivity contribution in [3.05, 3.63) is 35.9 Å². The number of carbonyl (C=O) groups is 3. The first-order chi connectivity index (χ1) is 8.58. The zero-order valence-electron chi connectivity index (χ0n) is 9.29. The Morgan fingerprint density at radius 3 is 2.44 bits per heavy atom. The van der Waals surface area contributed by atoms with E-state index < -0.39 is 12.0 Å². The Bertz CT molecular complexity index is 518. The van der Waals surface area contributed by atoms with E-state index in [1.165, 1.54) is 6.08 Å². The van der Waals surface area contributed by atoms with Gasteiger partial charge < -0.3 is 10.4 Å². The minimum absolute atomic E-state index is 0.000494. The molecule has 6 nitrogen and oxygen atoms in total. The van der Waals surface area contributed by atoms with Gasteiger partial charge in [0.1, 0.15) is 0 Å². The zero-order chi connectivity index (χ0) is 13.1. The molecule has 0 aliphatic carbocycles. The third-order valence-corrected chi connectivity index (χ3v) is 2.41. The summed E-state index contributed by atoms with van der Waals surface area (Å²) < 4.78 is 0. The summed E-state index contributed by atoms with van der Waals surface area (Å²) in [6, 6.07) is 5.99. The van der Waals surface area contributed by atoms with Crippen molar-refractivity contribution in [3.63, 3.8) is 0 Å². The zero-order valence-corrected chi connectivity index (χ0v) is 9.29. The quantitative estimate of drug-likeness (QED) is 0.611. The van der Waals surface area contributed by atoms with Gasteiger partial charge in [0.25, 0.3) is 5.91 Å². The van der Waals surface area contributed by atoms with E-state index in [1.54, 1.807) is 24.3 Å². The number of carboxylic acid groups (broad SMARTS) is 1. The number of imide groups is 1. The molecule has 1 heterocycles. The number of carbonyl (C=O) groups excluding carboxylic acids is 2. The fourth-order valence-electron chi connectivity index (χ4n) is 1.59. The smallest absolute Gasteiger partial charge is 0.329 e. The molecule has 0 atom stereocenters. The molecule has 0 spiro atoms. The van der Waals surface area contributed by atoms with Crippen LogP contribution in [0.25, 0.3) is 6.08 Å². The Balaban J connectivity index is 2.20. The largest absolute Gasteiger partial charge is 0.478 e. The SMILES string of the molecule is O=C(O)/C=C/c1ccc(N2C(=O)CNC2=O)cc1. The third kappa shape index (κ3) is 2.37. The molecule has 0 radical (unpaired) electrons. The summed E-state index contributed by atoms with van der Waals surface area (Å²) in [5, 5.41) is 10.9. The molecule has 1 aliphatic heterocycles. The molecular formula is C12H10N2O4. The molecule has 2 N–H and O–H groups in total. The first-order valence-electron chi connectivity index (χ1n) is 5.20. The fraction of sp³-hybridized carbons (Fsp3) is 0.0833. The van der Waals surface area contributed by atoms with Crippen LogP contribution in [-0.4, -0.2) is 29.6 Å². The predicted octanol–water partition coefficient (Wildman–Crippen LogP) is 0.841. The van der Waals surface area contributed by atoms with E-state index >= 15 is 0 Å². The van der Waals surface area contributed by atoms with E-state index in [1.807, 2.05) is 0 Å². The van der Waals surface area contributed by atoms with Crippen molar-refractivity contribution in [1.29, 1.82) is 0 Å². The minimum atomic E-state index is -1.03. The first-order valence-corrected chi connectivity index (χ1v) is 5.20. The van der Waals surface area contributed by atoms with Crippen molar-refractivity contribution in [2.75, 3.05) is 11.4 Å². The molecule has 92 valence electrons. The van der Waals surface area contributed by atoms with Crippen LogP contribution in [0, 0.1) is 0 Å². The average Bonchev–Trinajstić information content (AvgIpc) is 2.67. The second-order valence-corrected chi connectivity index (χ2v) is 3.65. The van der Waals surface area contributed by atoms with Crippen LogP contribution in [0.15, 0.2) is 30.3 Å². The van der Waals surface area contributed by atoms with Gasteiger partial charge in [-0.15, -0.1) is 0 Å². The Morgan fingerprint density at radius 2 is 1.94 bits per heavy atom. The highest BCUT2D eigenvalue weighted by Crippen LogP contribution is 2.18. The number of amides is 3. The van der Waals surface area contributed by atoms with Gasteiger partial charge in [-0.3, -0.25) is 4.79 Å². The molecule has 1 aliphatic rings. The summed E-state index contributed by atoms with van der Waals surface area (Å²) in [4.78, 5) is 34.2. The Labute approximate surface area is 103 Å². The molecule has 2 rings (SSSR count). The van der Waals surface area contributed by atoms with Gasteiger partial charge in [0.15, 0.2) is 0 Å². The number of carboxylic acids is 1. The summed E-state index contributed by atoms with van der Waals surface area (Å²) in [5.41, 5.74) is 1.13. The number of hydrogen-bond acceptors (Lipinski definition) is 3. The highest BCUT2D eigenvalue weighted by Gasteiger charge is 2.29. The summed E-state index contributed by atoms with van der Waals surface area (Å²) in [6.45, 7) is -0.000494. The summed E-state index contributed by atoms with van der Waals surface area (Å²) in [5.74, 6) is -1.35. The fourth-order valence-corrected chi connectivity index (χ4v) is 1.59. The lowest BCUT2D eigenvalue weighted by molar-refractivity contribution is -0.131. The van der Waals surface area contributed by atoms with Crippen molar-refractivity contribution < 1.29 is 19.5 Å². The molecule has 6 heteroatoms. The van der Waals surface area contributed by atoms with E-state index in [9.17, 15) is 14.4 Å². The monoisotopic (exact) mass is 246 g/mol. The second-order valence-electron chi connectivity index (χ2n) is 3.65. The molecule has 1 saturated heterocycles. The molecule has 18 heavy (non-hydrogen) atoms. The van der Waals surface area contributed by atoms with E-state index in [0.717, 1.165) is 11.0 Å². The van der Waals surface area contributed by atoms with Crippen molar-refractivity contribution >= 4 is 29.7 Å². The summed E-state index contributed by atoms with van der Waals surface area (Å²) in [6.07, 6.45) is 2.45. The number of nitrogens with zero attached hydrogens (tertiary/aromatic N) is 1. The number of urea groups is 1. The van der Waals surface area contributed by atoms with Gasteiger partial charge in [0.2, 0.25) is 0 Å². The number of hydrogen-bond donors (Lipinski definition) is 2. The van der Waals surface area contributed by atoms with Crippen LogP contribution < -0.4 is 10.2 Å². The van der Waals surface area contributed by atoms with Crippen molar-refractivity contribution in [2.24, 2.45) is 0 Å². The number of nitrogens with one attached hydrogen (secondary N) is 1. The number of benzene rings is 1. The van der Waals surface area contributed by atoms with Crippen LogP contribution in [-0.2, 0) is 9.59 Å². The lowest BCUT2D eigenvalue weighted by atomic mass is 10.2. The van der Waals surface area contributed by atoms with Crippen LogP contribution >= 0.6 is 0 Å². The Morgan fingerprint density at radius 1 is 1.28 bits per heavy atom. The topological polar surface area (TPSA) is 86.7 Å². The van der Waals surface area contributed by atoms with Gasteiger partial charge >= 0.3 is 12.0 Å². The van der Waals surface area contributed by atoms with Crippen molar-refractivity contribution in [1.82, 2.24) is 5.32 Å². The van der Waals surface area contributed by atoms with Crippen LogP contribution in [0.5, 0.6) is 0 Å². The standard InChI is InChI=1S/C12H10N2O4/c15-10-7-13-12(18)14(10)9-4-1-8(2-5-9)3-6-11(16)17/h1-6H,7H2,(H,13,18)(H,16,17)/b6-3+. The molecule has 0 bridgehead atoms. The highest BCUT2D eigenvalue weighted by molar-refractivity contribution is 6.19. The molecule has 0 aromatic heterocycles. The molecule has 0 saturated carbocycles. The lowest BCUT2D eigenvalue weighted by Crippen LogP contribution is -2.30. The molecule has 0 unspecified atom stereocenters. The number of aliphatic carboxylic acids is 1. The molecular weight excluding hydrogens is 236 g/mol. The maximum Gasteiger partial charge on any atom is 0.329 e. The maximum absolute atomic E-state index is 11.4. The average molecular weight is 246 g/mol. The molecule has 3 amide bonds.